The Hall–Kier alpha value is -2.40. The summed E-state index contributed by atoms with van der Waals surface area (Å²) in [5.41, 5.74) is 1.06. The molecule has 0 atom stereocenters. The smallest absolute Gasteiger partial charge is 0.162 e. The highest BCUT2D eigenvalue weighted by molar-refractivity contribution is 5.71. The predicted octanol–water partition coefficient (Wildman–Crippen LogP) is 2.46. The molecule has 2 aromatic rings. The van der Waals surface area contributed by atoms with Crippen molar-refractivity contribution >= 4 is 12.2 Å². The molecule has 0 amide bonds. The topological polar surface area (TPSA) is 69.4 Å². The van der Waals surface area contributed by atoms with E-state index in [1.54, 1.807) is 12.1 Å². The van der Waals surface area contributed by atoms with Gasteiger partial charge in [-0.3, -0.25) is 10.6 Å². The molecule has 18 heavy (non-hydrogen) atoms. The van der Waals surface area contributed by atoms with E-state index in [0.29, 0.717) is 17.4 Å². The maximum Gasteiger partial charge on any atom is 0.162 e. The second-order valence-corrected chi connectivity index (χ2v) is 3.60. The van der Waals surface area contributed by atoms with Gasteiger partial charge in [-0.05, 0) is 11.6 Å². The molecule has 0 unspecified atom stereocenters. The van der Waals surface area contributed by atoms with Crippen molar-refractivity contribution in [3.05, 3.63) is 54.2 Å². The summed E-state index contributed by atoms with van der Waals surface area (Å²) in [6.07, 6.45) is 2.28. The van der Waals surface area contributed by atoms with Crippen LogP contribution in [-0.2, 0) is 6.61 Å². The molecule has 0 aliphatic carbocycles. The Kier molecular flexibility index (Phi) is 3.88. The van der Waals surface area contributed by atoms with Crippen molar-refractivity contribution in [1.82, 2.24) is 4.98 Å². The zero-order chi connectivity index (χ0) is 12.8. The van der Waals surface area contributed by atoms with E-state index in [4.69, 9.17) is 10.1 Å². The Balaban J connectivity index is 2.04. The molecule has 0 spiro atoms. The van der Waals surface area contributed by atoms with Gasteiger partial charge in [0.15, 0.2) is 5.82 Å². The average Bonchev–Trinajstić information content (AvgIpc) is 2.45. The van der Waals surface area contributed by atoms with E-state index in [1.807, 2.05) is 30.3 Å². The number of hydrogen-bond acceptors (Lipinski definition) is 4. The summed E-state index contributed by atoms with van der Waals surface area (Å²) in [4.78, 5) is 3.91. The molecule has 5 nitrogen and oxygen atoms in total. The first-order valence-corrected chi connectivity index (χ1v) is 5.41. The highest BCUT2D eigenvalue weighted by Gasteiger charge is 2.03. The summed E-state index contributed by atoms with van der Waals surface area (Å²) in [6.45, 7) is 0.445. The molecule has 0 aliphatic heterocycles. The number of hydrogen-bond donors (Lipinski definition) is 2. The monoisotopic (exact) mass is 243 g/mol. The lowest BCUT2D eigenvalue weighted by Gasteiger charge is -2.11. The fourth-order valence-corrected chi connectivity index (χ4v) is 1.42. The molecule has 2 N–H and O–H groups in total. The minimum atomic E-state index is 0.246. The maximum atomic E-state index is 9.31. The Bertz CT molecular complexity index is 517. The zero-order valence-corrected chi connectivity index (χ0v) is 9.65. The van der Waals surface area contributed by atoms with Crippen molar-refractivity contribution in [2.45, 2.75) is 6.61 Å². The van der Waals surface area contributed by atoms with Crippen LogP contribution >= 0.6 is 0 Å². The van der Waals surface area contributed by atoms with E-state index >= 15 is 0 Å². The molecule has 0 radical (unpaired) electrons. The first-order valence-electron chi connectivity index (χ1n) is 5.41. The fourth-order valence-electron chi connectivity index (χ4n) is 1.42. The average molecular weight is 243 g/mol. The number of ether oxygens (including phenoxy) is 1. The normalized spacial score (nSPS) is 9.83. The van der Waals surface area contributed by atoms with Crippen molar-refractivity contribution in [2.24, 2.45) is 0 Å². The fraction of sp³-hybridized carbons (Fsp3) is 0.0769. The van der Waals surface area contributed by atoms with Crippen LogP contribution in [0.3, 0.4) is 0 Å². The lowest BCUT2D eigenvalue weighted by atomic mass is 10.2. The SMILES string of the molecule is N=CN(O)c1cc(OCc2ccccc2)ccn1. The van der Waals surface area contributed by atoms with Gasteiger partial charge in [0.2, 0.25) is 0 Å². The standard InChI is InChI=1S/C13H13N3O2/c14-10-16(17)13-8-12(6-7-15-13)18-9-11-4-2-1-3-5-11/h1-8,10,14,17H,9H2. The summed E-state index contributed by atoms with van der Waals surface area (Å²) in [5, 5.41) is 16.9. The van der Waals surface area contributed by atoms with Gasteiger partial charge in [0.1, 0.15) is 18.7 Å². The van der Waals surface area contributed by atoms with Gasteiger partial charge in [0.25, 0.3) is 0 Å². The highest BCUT2D eigenvalue weighted by Crippen LogP contribution is 2.17. The van der Waals surface area contributed by atoms with Crippen LogP contribution in [0.15, 0.2) is 48.7 Å². The number of nitrogens with zero attached hydrogens (tertiary/aromatic N) is 2. The third kappa shape index (κ3) is 3.05. The van der Waals surface area contributed by atoms with Crippen molar-refractivity contribution in [3.8, 4) is 5.75 Å². The minimum absolute atomic E-state index is 0.246. The number of nitrogens with one attached hydrogen (secondary N) is 1. The molecule has 0 bridgehead atoms. The molecule has 92 valence electrons. The molecule has 0 aliphatic rings. The molecule has 1 aromatic heterocycles. The van der Waals surface area contributed by atoms with Crippen LogP contribution in [0, 0.1) is 5.41 Å². The second-order valence-electron chi connectivity index (χ2n) is 3.60. The molecule has 1 aromatic carbocycles. The van der Waals surface area contributed by atoms with Crippen molar-refractivity contribution in [2.75, 3.05) is 5.06 Å². The maximum absolute atomic E-state index is 9.31. The molecule has 5 heteroatoms. The summed E-state index contributed by atoms with van der Waals surface area (Å²) < 4.78 is 5.57. The summed E-state index contributed by atoms with van der Waals surface area (Å²) in [6, 6.07) is 13.0. The van der Waals surface area contributed by atoms with Crippen LogP contribution in [0.5, 0.6) is 5.75 Å². The van der Waals surface area contributed by atoms with Gasteiger partial charge >= 0.3 is 0 Å². The largest absolute Gasteiger partial charge is 0.489 e. The lowest BCUT2D eigenvalue weighted by molar-refractivity contribution is 0.299. The first kappa shape index (κ1) is 12.1. The van der Waals surface area contributed by atoms with Gasteiger partial charge in [-0.15, -0.1) is 0 Å². The van der Waals surface area contributed by atoms with Gasteiger partial charge in [0, 0.05) is 12.3 Å². The van der Waals surface area contributed by atoms with E-state index < -0.39 is 0 Å². The third-order valence-electron chi connectivity index (χ3n) is 2.32. The molecule has 0 saturated heterocycles. The van der Waals surface area contributed by atoms with E-state index in [2.05, 4.69) is 4.98 Å². The number of hydroxylamine groups is 1. The van der Waals surface area contributed by atoms with Crippen LogP contribution in [0.1, 0.15) is 5.56 Å². The van der Waals surface area contributed by atoms with Crippen LogP contribution in [-0.4, -0.2) is 16.5 Å². The number of anilines is 1. The van der Waals surface area contributed by atoms with E-state index in [9.17, 15) is 5.21 Å². The number of pyridine rings is 1. The molecule has 2 rings (SSSR count). The zero-order valence-electron chi connectivity index (χ0n) is 9.65. The Morgan fingerprint density at radius 3 is 2.78 bits per heavy atom. The summed E-state index contributed by atoms with van der Waals surface area (Å²) in [5.74, 6) is 0.834. The highest BCUT2D eigenvalue weighted by atomic mass is 16.5. The Morgan fingerprint density at radius 1 is 1.28 bits per heavy atom. The predicted molar refractivity (Wildman–Crippen MR) is 68.1 cm³/mol. The lowest BCUT2D eigenvalue weighted by Crippen LogP contribution is -2.15. The Labute approximate surface area is 105 Å². The summed E-state index contributed by atoms with van der Waals surface area (Å²) >= 11 is 0. The van der Waals surface area contributed by atoms with E-state index in [1.165, 1.54) is 6.20 Å². The van der Waals surface area contributed by atoms with E-state index in [-0.39, 0.29) is 5.82 Å². The van der Waals surface area contributed by atoms with Crippen molar-refractivity contribution < 1.29 is 9.94 Å². The molecule has 0 saturated carbocycles. The minimum Gasteiger partial charge on any atom is -0.489 e. The molecular weight excluding hydrogens is 230 g/mol. The number of aromatic nitrogens is 1. The second kappa shape index (κ2) is 5.79. The van der Waals surface area contributed by atoms with Gasteiger partial charge in [-0.1, -0.05) is 30.3 Å². The van der Waals surface area contributed by atoms with Gasteiger partial charge in [0.05, 0.1) is 0 Å². The molecular formula is C13H13N3O2. The Morgan fingerprint density at radius 2 is 2.06 bits per heavy atom. The van der Waals surface area contributed by atoms with Crippen LogP contribution in [0.25, 0.3) is 0 Å². The summed E-state index contributed by atoms with van der Waals surface area (Å²) in [7, 11) is 0. The van der Waals surface area contributed by atoms with Gasteiger partial charge < -0.3 is 4.74 Å². The van der Waals surface area contributed by atoms with E-state index in [0.717, 1.165) is 11.9 Å². The van der Waals surface area contributed by atoms with Crippen LogP contribution in [0.2, 0.25) is 0 Å². The molecule has 0 fully saturated rings. The van der Waals surface area contributed by atoms with Crippen LogP contribution in [0.4, 0.5) is 5.82 Å². The number of benzene rings is 1. The van der Waals surface area contributed by atoms with Crippen LogP contribution < -0.4 is 9.80 Å². The third-order valence-corrected chi connectivity index (χ3v) is 2.32. The van der Waals surface area contributed by atoms with Gasteiger partial charge in [-0.25, -0.2) is 4.98 Å². The number of rotatable bonds is 5. The van der Waals surface area contributed by atoms with Crippen molar-refractivity contribution in [1.29, 1.82) is 5.41 Å². The molecule has 1 heterocycles. The van der Waals surface area contributed by atoms with Gasteiger partial charge in [-0.2, -0.15) is 5.06 Å². The first-order chi connectivity index (χ1) is 8.79. The quantitative estimate of drug-likeness (QED) is 0.481. The van der Waals surface area contributed by atoms with Crippen molar-refractivity contribution in [3.63, 3.8) is 0 Å².